The zero-order valence-corrected chi connectivity index (χ0v) is 13.3. The standard InChI is InChI=1S/C16H30N4/c1-14(2)11-17-12-16-5-4-7-19(13-16)9-10-20-8-6-18-15(20)3/h6,8,14,16-17H,4-5,7,9-13H2,1-3H3. The normalized spacial score (nSPS) is 20.7. The lowest BCUT2D eigenvalue weighted by Gasteiger charge is -2.33. The number of hydrogen-bond acceptors (Lipinski definition) is 3. The second-order valence-corrected chi connectivity index (χ2v) is 6.53. The minimum atomic E-state index is 0.749. The third-order valence-electron chi connectivity index (χ3n) is 4.17. The minimum absolute atomic E-state index is 0.749. The molecule has 4 heteroatoms. The summed E-state index contributed by atoms with van der Waals surface area (Å²) >= 11 is 0. The summed E-state index contributed by atoms with van der Waals surface area (Å²) < 4.78 is 2.25. The third kappa shape index (κ3) is 4.91. The predicted molar refractivity (Wildman–Crippen MR) is 83.8 cm³/mol. The molecule has 1 atom stereocenters. The Balaban J connectivity index is 1.69. The molecule has 0 aliphatic carbocycles. The fourth-order valence-corrected chi connectivity index (χ4v) is 2.99. The van der Waals surface area contributed by atoms with Crippen molar-refractivity contribution in [1.82, 2.24) is 19.8 Å². The van der Waals surface area contributed by atoms with Crippen molar-refractivity contribution in [1.29, 1.82) is 0 Å². The van der Waals surface area contributed by atoms with Crippen LogP contribution in [0.1, 0.15) is 32.5 Å². The highest BCUT2D eigenvalue weighted by Gasteiger charge is 2.19. The van der Waals surface area contributed by atoms with E-state index in [0.717, 1.165) is 37.3 Å². The first-order valence-corrected chi connectivity index (χ1v) is 8.06. The van der Waals surface area contributed by atoms with Gasteiger partial charge in [0.1, 0.15) is 5.82 Å². The molecule has 1 unspecified atom stereocenters. The van der Waals surface area contributed by atoms with Gasteiger partial charge in [-0.2, -0.15) is 0 Å². The van der Waals surface area contributed by atoms with Crippen LogP contribution in [0, 0.1) is 18.8 Å². The maximum atomic E-state index is 4.29. The Morgan fingerprint density at radius 2 is 2.25 bits per heavy atom. The average molecular weight is 278 g/mol. The molecule has 0 radical (unpaired) electrons. The van der Waals surface area contributed by atoms with Gasteiger partial charge in [0.05, 0.1) is 0 Å². The second kappa shape index (κ2) is 7.79. The molecule has 4 nitrogen and oxygen atoms in total. The number of hydrogen-bond donors (Lipinski definition) is 1. The van der Waals surface area contributed by atoms with E-state index in [-0.39, 0.29) is 0 Å². The van der Waals surface area contributed by atoms with Crippen LogP contribution in [-0.2, 0) is 6.54 Å². The molecule has 0 aromatic carbocycles. The molecule has 20 heavy (non-hydrogen) atoms. The average Bonchev–Trinajstić information content (AvgIpc) is 2.82. The fourth-order valence-electron chi connectivity index (χ4n) is 2.99. The largest absolute Gasteiger partial charge is 0.334 e. The molecule has 1 N–H and O–H groups in total. The summed E-state index contributed by atoms with van der Waals surface area (Å²) in [5.41, 5.74) is 0. The van der Waals surface area contributed by atoms with E-state index in [9.17, 15) is 0 Å². The maximum absolute atomic E-state index is 4.29. The van der Waals surface area contributed by atoms with Gasteiger partial charge in [0.15, 0.2) is 0 Å². The van der Waals surface area contributed by atoms with Crippen LogP contribution in [-0.4, -0.2) is 47.2 Å². The van der Waals surface area contributed by atoms with Crippen LogP contribution in [0.5, 0.6) is 0 Å². The smallest absolute Gasteiger partial charge is 0.105 e. The van der Waals surface area contributed by atoms with E-state index in [0.29, 0.717) is 0 Å². The summed E-state index contributed by atoms with van der Waals surface area (Å²) in [5, 5.41) is 3.61. The first kappa shape index (κ1) is 15.5. The highest BCUT2D eigenvalue weighted by molar-refractivity contribution is 4.88. The summed E-state index contributed by atoms with van der Waals surface area (Å²) in [6.07, 6.45) is 6.70. The van der Waals surface area contributed by atoms with Crippen LogP contribution >= 0.6 is 0 Å². The Morgan fingerprint density at radius 1 is 1.40 bits per heavy atom. The topological polar surface area (TPSA) is 33.1 Å². The van der Waals surface area contributed by atoms with Crippen molar-refractivity contribution in [2.24, 2.45) is 11.8 Å². The molecule has 1 aliphatic rings. The molecule has 1 saturated heterocycles. The van der Waals surface area contributed by atoms with Crippen molar-refractivity contribution in [2.75, 3.05) is 32.7 Å². The molecule has 0 spiro atoms. The predicted octanol–water partition coefficient (Wildman–Crippen LogP) is 2.15. The number of rotatable bonds is 7. The van der Waals surface area contributed by atoms with Gasteiger partial charge >= 0.3 is 0 Å². The highest BCUT2D eigenvalue weighted by Crippen LogP contribution is 2.15. The summed E-state index contributed by atoms with van der Waals surface area (Å²) in [6.45, 7) is 13.7. The zero-order chi connectivity index (χ0) is 14.4. The maximum Gasteiger partial charge on any atom is 0.105 e. The van der Waals surface area contributed by atoms with E-state index in [1.165, 1.54) is 32.5 Å². The van der Waals surface area contributed by atoms with E-state index >= 15 is 0 Å². The molecule has 1 aliphatic heterocycles. The second-order valence-electron chi connectivity index (χ2n) is 6.53. The van der Waals surface area contributed by atoms with E-state index < -0.39 is 0 Å². The summed E-state index contributed by atoms with van der Waals surface area (Å²) in [7, 11) is 0. The van der Waals surface area contributed by atoms with Gasteiger partial charge in [0, 0.05) is 32.0 Å². The molecule has 1 aromatic rings. The Kier molecular flexibility index (Phi) is 6.05. The highest BCUT2D eigenvalue weighted by atomic mass is 15.2. The van der Waals surface area contributed by atoms with E-state index in [2.05, 4.69) is 46.7 Å². The monoisotopic (exact) mass is 278 g/mol. The van der Waals surface area contributed by atoms with E-state index in [1.54, 1.807) is 0 Å². The van der Waals surface area contributed by atoms with Crippen LogP contribution in [0.4, 0.5) is 0 Å². The summed E-state index contributed by atoms with van der Waals surface area (Å²) in [5.74, 6) is 2.70. The van der Waals surface area contributed by atoms with E-state index in [4.69, 9.17) is 0 Å². The van der Waals surface area contributed by atoms with Crippen LogP contribution in [0.15, 0.2) is 12.4 Å². The quantitative estimate of drug-likeness (QED) is 0.829. The van der Waals surface area contributed by atoms with Crippen LogP contribution in [0.3, 0.4) is 0 Å². The Morgan fingerprint density at radius 3 is 2.95 bits per heavy atom. The zero-order valence-electron chi connectivity index (χ0n) is 13.3. The van der Waals surface area contributed by atoms with Gasteiger partial charge in [-0.1, -0.05) is 13.8 Å². The van der Waals surface area contributed by atoms with Crippen LogP contribution in [0.2, 0.25) is 0 Å². The molecule has 1 fully saturated rings. The number of nitrogens with one attached hydrogen (secondary N) is 1. The van der Waals surface area contributed by atoms with Gasteiger partial charge < -0.3 is 14.8 Å². The molecule has 1 aromatic heterocycles. The molecule has 0 bridgehead atoms. The van der Waals surface area contributed by atoms with Gasteiger partial charge in [-0.15, -0.1) is 0 Å². The summed E-state index contributed by atoms with van der Waals surface area (Å²) in [6, 6.07) is 0. The number of likely N-dealkylation sites (tertiary alicyclic amines) is 1. The molecular formula is C16H30N4. The number of aromatic nitrogens is 2. The first-order chi connectivity index (χ1) is 9.65. The van der Waals surface area contributed by atoms with Gasteiger partial charge in [0.25, 0.3) is 0 Å². The number of imidazole rings is 1. The third-order valence-corrected chi connectivity index (χ3v) is 4.17. The Hall–Kier alpha value is -0.870. The number of aryl methyl sites for hydroxylation is 1. The first-order valence-electron chi connectivity index (χ1n) is 8.06. The number of nitrogens with zero attached hydrogens (tertiary/aromatic N) is 3. The molecule has 0 saturated carbocycles. The number of piperidine rings is 1. The molecule has 2 rings (SSSR count). The Bertz CT molecular complexity index is 386. The molecule has 2 heterocycles. The molecular weight excluding hydrogens is 248 g/mol. The van der Waals surface area contributed by atoms with E-state index in [1.807, 2.05) is 6.20 Å². The summed E-state index contributed by atoms with van der Waals surface area (Å²) in [4.78, 5) is 6.90. The van der Waals surface area contributed by atoms with Crippen molar-refractivity contribution < 1.29 is 0 Å². The lowest BCUT2D eigenvalue weighted by Crippen LogP contribution is -2.41. The van der Waals surface area contributed by atoms with Crippen molar-refractivity contribution in [3.8, 4) is 0 Å². The van der Waals surface area contributed by atoms with Gasteiger partial charge in [-0.25, -0.2) is 4.98 Å². The van der Waals surface area contributed by atoms with Crippen LogP contribution in [0.25, 0.3) is 0 Å². The Labute approximate surface area is 123 Å². The van der Waals surface area contributed by atoms with Crippen LogP contribution < -0.4 is 5.32 Å². The van der Waals surface area contributed by atoms with Crippen molar-refractivity contribution in [2.45, 2.75) is 40.2 Å². The van der Waals surface area contributed by atoms with Gasteiger partial charge in [0.2, 0.25) is 0 Å². The van der Waals surface area contributed by atoms with Crippen molar-refractivity contribution >= 4 is 0 Å². The fraction of sp³-hybridized carbons (Fsp3) is 0.812. The lowest BCUT2D eigenvalue weighted by atomic mass is 9.98. The van der Waals surface area contributed by atoms with Crippen molar-refractivity contribution in [3.05, 3.63) is 18.2 Å². The molecule has 114 valence electrons. The van der Waals surface area contributed by atoms with Crippen molar-refractivity contribution in [3.63, 3.8) is 0 Å². The lowest BCUT2D eigenvalue weighted by molar-refractivity contribution is 0.166. The molecule has 0 amide bonds. The SMILES string of the molecule is Cc1nccn1CCN1CCCC(CNCC(C)C)C1. The van der Waals surface area contributed by atoms with Gasteiger partial charge in [-0.3, -0.25) is 0 Å². The minimum Gasteiger partial charge on any atom is -0.334 e. The van der Waals surface area contributed by atoms with Gasteiger partial charge in [-0.05, 0) is 51.2 Å².